The second-order valence-electron chi connectivity index (χ2n) is 7.26. The molecule has 1 aromatic carbocycles. The smallest absolute Gasteiger partial charge is 0.309 e. The minimum absolute atomic E-state index is 0.0574. The molecule has 0 saturated carbocycles. The van der Waals surface area contributed by atoms with Crippen molar-refractivity contribution in [3.05, 3.63) is 56.5 Å². The van der Waals surface area contributed by atoms with Gasteiger partial charge in [0.25, 0.3) is 5.91 Å². The fraction of sp³-hybridized carbons (Fsp3) is 0.333. The first-order chi connectivity index (χ1) is 14.3. The van der Waals surface area contributed by atoms with Gasteiger partial charge in [0.05, 0.1) is 15.1 Å². The number of carbonyl (C=O) groups excluding carboxylic acids is 1. The molecule has 2 aromatic heterocycles. The van der Waals surface area contributed by atoms with E-state index in [9.17, 15) is 14.9 Å². The number of thiophene rings is 1. The van der Waals surface area contributed by atoms with Crippen LogP contribution in [0.2, 0.25) is 0 Å². The lowest BCUT2D eigenvalue weighted by molar-refractivity contribution is -0.380. The summed E-state index contributed by atoms with van der Waals surface area (Å²) in [5, 5.41) is 11.6. The molecule has 0 spiro atoms. The van der Waals surface area contributed by atoms with E-state index >= 15 is 0 Å². The first-order valence-electron chi connectivity index (χ1n) is 9.51. The highest BCUT2D eigenvalue weighted by Crippen LogP contribution is 2.32. The molecule has 2 heterocycles. The standard InChI is InChI=1S/C21H24N4O3S2/c1-14-6-9-17-20(15(14)2)22-21(30-17)24(13-5-12-23(3)4)18(26)10-7-16-8-11-19(29-16)25(27)28/h6-11H,5,12-13H2,1-4H3/b10-7+. The summed E-state index contributed by atoms with van der Waals surface area (Å²) in [6.07, 6.45) is 3.90. The number of nitro groups is 1. The molecule has 0 fully saturated rings. The maximum Gasteiger partial charge on any atom is 0.324 e. The zero-order valence-corrected chi connectivity index (χ0v) is 19.0. The molecule has 30 heavy (non-hydrogen) atoms. The molecule has 0 radical (unpaired) electrons. The second kappa shape index (κ2) is 9.46. The molecule has 158 valence electrons. The van der Waals surface area contributed by atoms with E-state index < -0.39 is 4.92 Å². The summed E-state index contributed by atoms with van der Waals surface area (Å²) in [6, 6.07) is 7.21. The molecule has 1 amide bonds. The predicted octanol–water partition coefficient (Wildman–Crippen LogP) is 4.88. The van der Waals surface area contributed by atoms with Crippen LogP contribution in [-0.2, 0) is 4.79 Å². The van der Waals surface area contributed by atoms with Gasteiger partial charge in [-0.2, -0.15) is 0 Å². The zero-order valence-electron chi connectivity index (χ0n) is 17.4. The number of aryl methyl sites for hydroxylation is 2. The number of rotatable bonds is 8. The average Bonchev–Trinajstić information content (AvgIpc) is 3.33. The molecule has 0 atom stereocenters. The average molecular weight is 445 g/mol. The first-order valence-corrected chi connectivity index (χ1v) is 11.1. The number of carbonyl (C=O) groups is 1. The second-order valence-corrected chi connectivity index (χ2v) is 9.37. The highest BCUT2D eigenvalue weighted by atomic mass is 32.1. The van der Waals surface area contributed by atoms with E-state index in [0.717, 1.165) is 40.1 Å². The first kappa shape index (κ1) is 22.1. The van der Waals surface area contributed by atoms with E-state index in [0.29, 0.717) is 16.6 Å². The van der Waals surface area contributed by atoms with E-state index in [-0.39, 0.29) is 10.9 Å². The van der Waals surface area contributed by atoms with Crippen LogP contribution in [0.25, 0.3) is 16.3 Å². The van der Waals surface area contributed by atoms with Crippen LogP contribution in [0.15, 0.2) is 30.3 Å². The number of hydrogen-bond acceptors (Lipinski definition) is 7. The van der Waals surface area contributed by atoms with E-state index in [1.807, 2.05) is 27.1 Å². The van der Waals surface area contributed by atoms with Gasteiger partial charge in [-0.3, -0.25) is 19.8 Å². The minimum atomic E-state index is -0.428. The Morgan fingerprint density at radius 1 is 1.17 bits per heavy atom. The lowest BCUT2D eigenvalue weighted by Crippen LogP contribution is -2.32. The molecule has 3 rings (SSSR count). The normalized spacial score (nSPS) is 11.6. The summed E-state index contributed by atoms with van der Waals surface area (Å²) in [7, 11) is 4.00. The van der Waals surface area contributed by atoms with Crippen LogP contribution in [0.1, 0.15) is 22.4 Å². The zero-order chi connectivity index (χ0) is 21.8. The highest BCUT2D eigenvalue weighted by Gasteiger charge is 2.19. The number of aromatic nitrogens is 1. The number of fused-ring (bicyclic) bond motifs is 1. The van der Waals surface area contributed by atoms with Crippen molar-refractivity contribution in [2.45, 2.75) is 20.3 Å². The van der Waals surface area contributed by atoms with Gasteiger partial charge in [0.15, 0.2) is 5.13 Å². The molecule has 0 aliphatic rings. The number of nitrogens with zero attached hydrogens (tertiary/aromatic N) is 4. The van der Waals surface area contributed by atoms with Crippen molar-refractivity contribution in [2.75, 3.05) is 32.1 Å². The summed E-state index contributed by atoms with van der Waals surface area (Å²) in [4.78, 5) is 32.7. The molecular formula is C21H24N4O3S2. The summed E-state index contributed by atoms with van der Waals surface area (Å²) in [5.41, 5.74) is 3.22. The largest absolute Gasteiger partial charge is 0.324 e. The quantitative estimate of drug-likeness (QED) is 0.281. The fourth-order valence-corrected chi connectivity index (χ4v) is 4.73. The van der Waals surface area contributed by atoms with E-state index in [2.05, 4.69) is 17.9 Å². The SMILES string of the molecule is Cc1ccc2sc(N(CCCN(C)C)C(=O)/C=C/c3ccc([N+](=O)[O-])s3)nc2c1C. The van der Waals surface area contributed by atoms with Crippen molar-refractivity contribution in [1.29, 1.82) is 0 Å². The third kappa shape index (κ3) is 5.10. The van der Waals surface area contributed by atoms with Crippen molar-refractivity contribution >= 4 is 55.0 Å². The topological polar surface area (TPSA) is 79.6 Å². The van der Waals surface area contributed by atoms with E-state index in [4.69, 9.17) is 4.98 Å². The van der Waals surface area contributed by atoms with Crippen LogP contribution in [0.5, 0.6) is 0 Å². The third-order valence-electron chi connectivity index (χ3n) is 4.74. The van der Waals surface area contributed by atoms with Gasteiger partial charge in [0, 0.05) is 23.6 Å². The van der Waals surface area contributed by atoms with Gasteiger partial charge in [0.1, 0.15) is 0 Å². The summed E-state index contributed by atoms with van der Waals surface area (Å²) >= 11 is 2.55. The van der Waals surface area contributed by atoms with Crippen LogP contribution in [-0.4, -0.2) is 47.9 Å². The van der Waals surface area contributed by atoms with Crippen molar-refractivity contribution in [1.82, 2.24) is 9.88 Å². The maximum absolute atomic E-state index is 13.0. The Bertz CT molecular complexity index is 1100. The van der Waals surface area contributed by atoms with Gasteiger partial charge < -0.3 is 4.90 Å². The van der Waals surface area contributed by atoms with Crippen molar-refractivity contribution in [3.63, 3.8) is 0 Å². The number of anilines is 1. The Balaban J connectivity index is 1.87. The van der Waals surface area contributed by atoms with E-state index in [1.54, 1.807) is 17.0 Å². The Labute approximate surface area is 183 Å². The van der Waals surface area contributed by atoms with Gasteiger partial charge >= 0.3 is 5.00 Å². The van der Waals surface area contributed by atoms with Crippen molar-refractivity contribution < 1.29 is 9.72 Å². The van der Waals surface area contributed by atoms with Crippen LogP contribution >= 0.6 is 22.7 Å². The Morgan fingerprint density at radius 3 is 2.60 bits per heavy atom. The summed E-state index contributed by atoms with van der Waals surface area (Å²) < 4.78 is 1.05. The molecule has 7 nitrogen and oxygen atoms in total. The molecule has 0 saturated heterocycles. The van der Waals surface area contributed by atoms with Crippen LogP contribution in [0.3, 0.4) is 0 Å². The maximum atomic E-state index is 13.0. The lowest BCUT2D eigenvalue weighted by Gasteiger charge is -2.19. The van der Waals surface area contributed by atoms with Crippen molar-refractivity contribution in [3.8, 4) is 0 Å². The van der Waals surface area contributed by atoms with Crippen LogP contribution < -0.4 is 4.90 Å². The van der Waals surface area contributed by atoms with Crippen LogP contribution in [0.4, 0.5) is 10.1 Å². The van der Waals surface area contributed by atoms with E-state index in [1.165, 1.54) is 29.0 Å². The molecular weight excluding hydrogens is 420 g/mol. The molecule has 0 N–H and O–H groups in total. The Hall–Kier alpha value is -2.62. The minimum Gasteiger partial charge on any atom is -0.309 e. The van der Waals surface area contributed by atoms with Gasteiger partial charge in [-0.1, -0.05) is 28.7 Å². The number of hydrogen-bond donors (Lipinski definition) is 0. The molecule has 0 aliphatic heterocycles. The molecule has 3 aromatic rings. The monoisotopic (exact) mass is 444 g/mol. The fourth-order valence-electron chi connectivity index (χ4n) is 2.95. The Morgan fingerprint density at radius 2 is 1.93 bits per heavy atom. The summed E-state index contributed by atoms with van der Waals surface area (Å²) in [6.45, 7) is 5.50. The number of thiazole rings is 1. The van der Waals surface area contributed by atoms with Gasteiger partial charge in [0.2, 0.25) is 0 Å². The molecule has 9 heteroatoms. The molecule has 0 unspecified atom stereocenters. The van der Waals surface area contributed by atoms with Gasteiger partial charge in [-0.25, -0.2) is 4.98 Å². The highest BCUT2D eigenvalue weighted by molar-refractivity contribution is 7.22. The molecule has 0 bridgehead atoms. The molecule has 0 aliphatic carbocycles. The Kier molecular flexibility index (Phi) is 6.96. The van der Waals surface area contributed by atoms with Crippen molar-refractivity contribution in [2.24, 2.45) is 0 Å². The number of amides is 1. The third-order valence-corrected chi connectivity index (χ3v) is 6.79. The number of benzene rings is 1. The lowest BCUT2D eigenvalue weighted by atomic mass is 10.1. The summed E-state index contributed by atoms with van der Waals surface area (Å²) in [5.74, 6) is -0.182. The predicted molar refractivity (Wildman–Crippen MR) is 125 cm³/mol. The van der Waals surface area contributed by atoms with Crippen LogP contribution in [0, 0.1) is 24.0 Å². The van der Waals surface area contributed by atoms with Gasteiger partial charge in [-0.05, 0) is 70.2 Å². The van der Waals surface area contributed by atoms with Gasteiger partial charge in [-0.15, -0.1) is 0 Å².